The van der Waals surface area contributed by atoms with Crippen molar-refractivity contribution >= 4 is 16.9 Å². The van der Waals surface area contributed by atoms with Crippen LogP contribution < -0.4 is 0 Å². The molecule has 2 rings (SSSR count). The van der Waals surface area contributed by atoms with E-state index in [-0.39, 0.29) is 5.39 Å². The van der Waals surface area contributed by atoms with Gasteiger partial charge in [-0.15, -0.1) is 0 Å². The Morgan fingerprint density at radius 2 is 2.00 bits per heavy atom. The lowest BCUT2D eigenvalue weighted by Crippen LogP contribution is -2.24. The fraction of sp³-hybridized carbons (Fsp3) is 0.100. The quantitative estimate of drug-likeness (QED) is 0.801. The number of para-hydroxylation sites is 1. The number of carboxylic acids is 1. The van der Waals surface area contributed by atoms with Crippen LogP contribution in [0.4, 0.5) is 8.78 Å². The van der Waals surface area contributed by atoms with Gasteiger partial charge in [-0.05, 0) is 6.07 Å². The van der Waals surface area contributed by atoms with Crippen molar-refractivity contribution in [3.05, 3.63) is 36.0 Å². The molecule has 5 heteroatoms. The highest BCUT2D eigenvalue weighted by atomic mass is 19.3. The molecular weight excluding hydrogens is 204 g/mol. The molecule has 3 nitrogen and oxygen atoms in total. The topological polar surface area (TPSA) is 53.1 Å². The number of aromatic amines is 1. The first-order chi connectivity index (χ1) is 7.03. The molecule has 0 fully saturated rings. The molecule has 1 heterocycles. The van der Waals surface area contributed by atoms with Crippen molar-refractivity contribution in [2.75, 3.05) is 0 Å². The highest BCUT2D eigenvalue weighted by Crippen LogP contribution is 2.33. The van der Waals surface area contributed by atoms with Crippen molar-refractivity contribution in [2.45, 2.75) is 5.92 Å². The summed E-state index contributed by atoms with van der Waals surface area (Å²) in [4.78, 5) is 13.0. The standard InChI is InChI=1S/C10H7F2NO2/c11-10(12,9(14)15)7-5-13-8-4-2-1-3-6(7)8/h1-5,13H,(H,14,15). The molecule has 0 unspecified atom stereocenters. The molecule has 0 aliphatic rings. The second kappa shape index (κ2) is 3.05. The molecule has 0 spiro atoms. The van der Waals surface area contributed by atoms with Gasteiger partial charge < -0.3 is 10.1 Å². The van der Waals surface area contributed by atoms with Gasteiger partial charge in [0.2, 0.25) is 0 Å². The zero-order valence-electron chi connectivity index (χ0n) is 7.50. The molecule has 0 atom stereocenters. The monoisotopic (exact) mass is 211 g/mol. The van der Waals surface area contributed by atoms with Crippen molar-refractivity contribution in [1.29, 1.82) is 0 Å². The molecule has 0 saturated carbocycles. The molecule has 1 aromatic heterocycles. The molecule has 2 aromatic rings. The third-order valence-corrected chi connectivity index (χ3v) is 2.20. The Hall–Kier alpha value is -1.91. The minimum absolute atomic E-state index is 0.227. The van der Waals surface area contributed by atoms with Crippen LogP contribution in [0.5, 0.6) is 0 Å². The molecule has 15 heavy (non-hydrogen) atoms. The summed E-state index contributed by atoms with van der Waals surface area (Å²) in [6, 6.07) is 6.33. The maximum Gasteiger partial charge on any atom is 0.379 e. The van der Waals surface area contributed by atoms with Crippen molar-refractivity contribution in [3.8, 4) is 0 Å². The number of H-pyrrole nitrogens is 1. The van der Waals surface area contributed by atoms with Gasteiger partial charge in [0, 0.05) is 17.1 Å². The molecule has 78 valence electrons. The SMILES string of the molecule is O=C(O)C(F)(F)c1c[nH]c2ccccc12. The average Bonchev–Trinajstić information content (AvgIpc) is 2.61. The first kappa shape index (κ1) is 9.64. The van der Waals surface area contributed by atoms with Gasteiger partial charge in [-0.25, -0.2) is 4.79 Å². The van der Waals surface area contributed by atoms with Crippen molar-refractivity contribution in [3.63, 3.8) is 0 Å². The van der Waals surface area contributed by atoms with Crippen molar-refractivity contribution < 1.29 is 18.7 Å². The molecular formula is C10H7F2NO2. The predicted molar refractivity (Wildman–Crippen MR) is 49.8 cm³/mol. The molecule has 0 bridgehead atoms. The number of hydrogen-bond donors (Lipinski definition) is 2. The summed E-state index contributed by atoms with van der Waals surface area (Å²) >= 11 is 0. The van der Waals surface area contributed by atoms with E-state index in [4.69, 9.17) is 5.11 Å². The summed E-state index contributed by atoms with van der Waals surface area (Å²) in [6.07, 6.45) is 1.03. The Morgan fingerprint density at radius 1 is 1.33 bits per heavy atom. The van der Waals surface area contributed by atoms with Crippen LogP contribution in [-0.4, -0.2) is 16.1 Å². The summed E-state index contributed by atoms with van der Waals surface area (Å²) in [7, 11) is 0. The number of carboxylic acid groups (broad SMARTS) is 1. The number of aromatic nitrogens is 1. The third-order valence-electron chi connectivity index (χ3n) is 2.20. The molecule has 0 radical (unpaired) electrons. The number of carbonyl (C=O) groups is 1. The lowest BCUT2D eigenvalue weighted by atomic mass is 10.1. The van der Waals surface area contributed by atoms with E-state index in [1.807, 2.05) is 0 Å². The van der Waals surface area contributed by atoms with E-state index < -0.39 is 17.5 Å². The lowest BCUT2D eigenvalue weighted by molar-refractivity contribution is -0.166. The van der Waals surface area contributed by atoms with Gasteiger partial charge in [0.1, 0.15) is 0 Å². The number of hydrogen-bond acceptors (Lipinski definition) is 1. The van der Waals surface area contributed by atoms with E-state index in [0.717, 1.165) is 6.20 Å². The molecule has 0 amide bonds. The van der Waals surface area contributed by atoms with E-state index in [0.29, 0.717) is 5.52 Å². The van der Waals surface area contributed by atoms with Crippen molar-refractivity contribution in [1.82, 2.24) is 4.98 Å². The summed E-state index contributed by atoms with van der Waals surface area (Å²) in [5, 5.41) is 8.64. The highest BCUT2D eigenvalue weighted by Gasteiger charge is 2.42. The molecule has 0 aliphatic carbocycles. The van der Waals surface area contributed by atoms with E-state index in [1.54, 1.807) is 18.2 Å². The fourth-order valence-corrected chi connectivity index (χ4v) is 1.45. The van der Waals surface area contributed by atoms with Crippen LogP contribution in [-0.2, 0) is 10.7 Å². The van der Waals surface area contributed by atoms with Crippen LogP contribution in [0.2, 0.25) is 0 Å². The number of nitrogens with one attached hydrogen (secondary N) is 1. The lowest BCUT2D eigenvalue weighted by Gasteiger charge is -2.09. The predicted octanol–water partition coefficient (Wildman–Crippen LogP) is 2.34. The van der Waals surface area contributed by atoms with Gasteiger partial charge in [0.25, 0.3) is 0 Å². The Kier molecular flexibility index (Phi) is 1.96. The Labute approximate surface area is 83.3 Å². The van der Waals surface area contributed by atoms with Gasteiger partial charge in [-0.3, -0.25) is 0 Å². The van der Waals surface area contributed by atoms with Crippen LogP contribution in [0.3, 0.4) is 0 Å². The number of aliphatic carboxylic acids is 1. The van der Waals surface area contributed by atoms with Gasteiger partial charge in [0.05, 0.1) is 5.56 Å². The largest absolute Gasteiger partial charge is 0.477 e. The summed E-state index contributed by atoms with van der Waals surface area (Å²) in [6.45, 7) is 0. The normalized spacial score (nSPS) is 11.9. The second-order valence-electron chi connectivity index (χ2n) is 3.13. The fourth-order valence-electron chi connectivity index (χ4n) is 1.45. The third kappa shape index (κ3) is 1.36. The Bertz CT molecular complexity index is 519. The zero-order chi connectivity index (χ0) is 11.1. The molecule has 0 aliphatic heterocycles. The zero-order valence-corrected chi connectivity index (χ0v) is 7.50. The Morgan fingerprint density at radius 3 is 2.67 bits per heavy atom. The van der Waals surface area contributed by atoms with Crippen LogP contribution in [0, 0.1) is 0 Å². The van der Waals surface area contributed by atoms with Gasteiger partial charge in [0.15, 0.2) is 0 Å². The number of fused-ring (bicyclic) bond motifs is 1. The smallest absolute Gasteiger partial charge is 0.379 e. The van der Waals surface area contributed by atoms with Crippen molar-refractivity contribution in [2.24, 2.45) is 0 Å². The van der Waals surface area contributed by atoms with E-state index in [2.05, 4.69) is 4.98 Å². The number of rotatable bonds is 2. The first-order valence-corrected chi connectivity index (χ1v) is 4.21. The van der Waals surface area contributed by atoms with Gasteiger partial charge >= 0.3 is 11.9 Å². The van der Waals surface area contributed by atoms with E-state index >= 15 is 0 Å². The van der Waals surface area contributed by atoms with Crippen LogP contribution in [0.25, 0.3) is 10.9 Å². The number of halogens is 2. The molecule has 0 saturated heterocycles. The second-order valence-corrected chi connectivity index (χ2v) is 3.13. The van der Waals surface area contributed by atoms with Crippen LogP contribution in [0.15, 0.2) is 30.5 Å². The summed E-state index contributed by atoms with van der Waals surface area (Å²) in [5.41, 5.74) is -0.0148. The minimum Gasteiger partial charge on any atom is -0.477 e. The van der Waals surface area contributed by atoms with Crippen LogP contribution in [0.1, 0.15) is 5.56 Å². The van der Waals surface area contributed by atoms with Crippen LogP contribution >= 0.6 is 0 Å². The van der Waals surface area contributed by atoms with Gasteiger partial charge in [-0.1, -0.05) is 18.2 Å². The maximum absolute atomic E-state index is 13.2. The highest BCUT2D eigenvalue weighted by molar-refractivity contribution is 5.89. The maximum atomic E-state index is 13.2. The number of alkyl halides is 2. The molecule has 1 aromatic carbocycles. The summed E-state index contributed by atoms with van der Waals surface area (Å²) < 4.78 is 26.4. The average molecular weight is 211 g/mol. The molecule has 2 N–H and O–H groups in total. The Balaban J connectivity index is 2.67. The van der Waals surface area contributed by atoms with E-state index in [9.17, 15) is 13.6 Å². The summed E-state index contributed by atoms with van der Waals surface area (Å²) in [5.74, 6) is -6.01. The first-order valence-electron chi connectivity index (χ1n) is 4.21. The van der Waals surface area contributed by atoms with E-state index in [1.165, 1.54) is 6.07 Å². The number of benzene rings is 1. The minimum atomic E-state index is -3.86. The van der Waals surface area contributed by atoms with Gasteiger partial charge in [-0.2, -0.15) is 8.78 Å².